The van der Waals surface area contributed by atoms with Crippen molar-refractivity contribution in [1.82, 2.24) is 14.6 Å². The first kappa shape index (κ1) is 15.5. The second-order valence-corrected chi connectivity index (χ2v) is 6.92. The molecule has 2 N–H and O–H groups in total. The fourth-order valence-electron chi connectivity index (χ4n) is 2.39. The van der Waals surface area contributed by atoms with Crippen molar-refractivity contribution in [1.29, 1.82) is 0 Å². The number of ether oxygens (including phenoxy) is 1. The van der Waals surface area contributed by atoms with E-state index < -0.39 is 10.0 Å². The van der Waals surface area contributed by atoms with Crippen LogP contribution >= 0.6 is 0 Å². The van der Waals surface area contributed by atoms with Crippen LogP contribution in [0.1, 0.15) is 25.5 Å². The van der Waals surface area contributed by atoms with Crippen LogP contribution in [-0.4, -0.2) is 50.6 Å². The molecule has 0 amide bonds. The van der Waals surface area contributed by atoms with Crippen LogP contribution in [0.2, 0.25) is 0 Å². The maximum absolute atomic E-state index is 12.5. The van der Waals surface area contributed by atoms with E-state index in [1.54, 1.807) is 23.7 Å². The second kappa shape index (κ2) is 6.71. The van der Waals surface area contributed by atoms with Crippen molar-refractivity contribution in [2.45, 2.75) is 37.3 Å². The van der Waals surface area contributed by atoms with Crippen LogP contribution in [0, 0.1) is 0 Å². The first-order valence-electron chi connectivity index (χ1n) is 6.99. The molecule has 1 aromatic rings. The lowest BCUT2D eigenvalue weighted by Gasteiger charge is -2.30. The summed E-state index contributed by atoms with van der Waals surface area (Å²) >= 11 is 0. The van der Waals surface area contributed by atoms with Gasteiger partial charge in [-0.2, -0.15) is 4.31 Å². The monoisotopic (exact) mass is 301 g/mol. The third-order valence-corrected chi connectivity index (χ3v) is 5.53. The van der Waals surface area contributed by atoms with Crippen molar-refractivity contribution in [3.05, 3.63) is 18.0 Å². The smallest absolute Gasteiger partial charge is 0.244 e. The SMILES string of the molecule is CCNCc1cc(S(=O)(=O)N2CCC(OC)CC2)c[nH]1. The first-order chi connectivity index (χ1) is 9.57. The number of hydrogen-bond acceptors (Lipinski definition) is 4. The summed E-state index contributed by atoms with van der Waals surface area (Å²) in [6.45, 7) is 4.56. The zero-order valence-corrected chi connectivity index (χ0v) is 12.9. The molecule has 1 saturated heterocycles. The minimum Gasteiger partial charge on any atom is -0.381 e. The zero-order valence-electron chi connectivity index (χ0n) is 12.1. The molecular weight excluding hydrogens is 278 g/mol. The highest BCUT2D eigenvalue weighted by Gasteiger charge is 2.29. The molecule has 0 spiro atoms. The van der Waals surface area contributed by atoms with E-state index in [1.165, 1.54) is 0 Å². The van der Waals surface area contributed by atoms with Crippen LogP contribution in [0.3, 0.4) is 0 Å². The lowest BCUT2D eigenvalue weighted by molar-refractivity contribution is 0.0604. The molecule has 6 nitrogen and oxygen atoms in total. The van der Waals surface area contributed by atoms with E-state index in [-0.39, 0.29) is 6.10 Å². The standard InChI is InChI=1S/C13H23N3O3S/c1-3-14-9-11-8-13(10-15-11)20(17,18)16-6-4-12(19-2)5-7-16/h8,10,12,14-15H,3-7,9H2,1-2H3. The third kappa shape index (κ3) is 3.41. The molecule has 0 aliphatic carbocycles. The van der Waals surface area contributed by atoms with Crippen LogP contribution in [0.15, 0.2) is 17.2 Å². The molecule has 0 radical (unpaired) electrons. The van der Waals surface area contributed by atoms with Crippen LogP contribution in [0.4, 0.5) is 0 Å². The van der Waals surface area contributed by atoms with Crippen LogP contribution < -0.4 is 5.32 Å². The summed E-state index contributed by atoms with van der Waals surface area (Å²) in [6, 6.07) is 1.71. The highest BCUT2D eigenvalue weighted by atomic mass is 32.2. The van der Waals surface area contributed by atoms with Crippen LogP contribution in [0.25, 0.3) is 0 Å². The molecule has 1 aliphatic rings. The van der Waals surface area contributed by atoms with Crippen molar-refractivity contribution in [2.75, 3.05) is 26.7 Å². The Kier molecular flexibility index (Phi) is 5.20. The minimum atomic E-state index is -3.38. The number of nitrogens with one attached hydrogen (secondary N) is 2. The molecule has 114 valence electrons. The highest BCUT2D eigenvalue weighted by Crippen LogP contribution is 2.22. The van der Waals surface area contributed by atoms with E-state index >= 15 is 0 Å². The Morgan fingerprint density at radius 1 is 1.45 bits per heavy atom. The van der Waals surface area contributed by atoms with Crippen molar-refractivity contribution >= 4 is 10.0 Å². The van der Waals surface area contributed by atoms with E-state index in [4.69, 9.17) is 4.74 Å². The lowest BCUT2D eigenvalue weighted by atomic mass is 10.1. The van der Waals surface area contributed by atoms with Gasteiger partial charge in [-0.05, 0) is 25.5 Å². The Bertz CT molecular complexity index is 519. The van der Waals surface area contributed by atoms with E-state index in [2.05, 4.69) is 10.3 Å². The molecule has 1 fully saturated rings. The lowest BCUT2D eigenvalue weighted by Crippen LogP contribution is -2.40. The van der Waals surface area contributed by atoms with Gasteiger partial charge in [0.1, 0.15) is 0 Å². The molecule has 0 atom stereocenters. The van der Waals surface area contributed by atoms with Crippen LogP contribution in [-0.2, 0) is 21.3 Å². The van der Waals surface area contributed by atoms with Gasteiger partial charge in [0.15, 0.2) is 0 Å². The van der Waals surface area contributed by atoms with Gasteiger partial charge in [0, 0.05) is 38.6 Å². The maximum atomic E-state index is 12.5. The van der Waals surface area contributed by atoms with Gasteiger partial charge >= 0.3 is 0 Å². The van der Waals surface area contributed by atoms with E-state index in [9.17, 15) is 8.42 Å². The maximum Gasteiger partial charge on any atom is 0.244 e. The molecular formula is C13H23N3O3S. The van der Waals surface area contributed by atoms with Gasteiger partial charge in [0.2, 0.25) is 10.0 Å². The summed E-state index contributed by atoms with van der Waals surface area (Å²) in [7, 11) is -1.70. The number of piperidine rings is 1. The van der Waals surface area contributed by atoms with Gasteiger partial charge in [-0.3, -0.25) is 0 Å². The Hall–Kier alpha value is -0.890. The number of H-pyrrole nitrogens is 1. The summed E-state index contributed by atoms with van der Waals surface area (Å²) in [4.78, 5) is 3.36. The number of sulfonamides is 1. The second-order valence-electron chi connectivity index (χ2n) is 4.98. The topological polar surface area (TPSA) is 74.4 Å². The molecule has 0 saturated carbocycles. The molecule has 7 heteroatoms. The van der Waals surface area contributed by atoms with Gasteiger partial charge < -0.3 is 15.0 Å². The molecule has 2 rings (SSSR count). The first-order valence-corrected chi connectivity index (χ1v) is 8.43. The Balaban J connectivity index is 2.04. The quantitative estimate of drug-likeness (QED) is 0.819. The number of methoxy groups -OCH3 is 1. The van der Waals surface area contributed by atoms with E-state index in [0.717, 1.165) is 25.1 Å². The summed E-state index contributed by atoms with van der Waals surface area (Å²) in [5.74, 6) is 0. The fourth-order valence-corrected chi connectivity index (χ4v) is 3.88. The summed E-state index contributed by atoms with van der Waals surface area (Å²) in [5.41, 5.74) is 0.886. The Labute approximate surface area is 120 Å². The van der Waals surface area contributed by atoms with Gasteiger partial charge in [-0.15, -0.1) is 0 Å². The largest absolute Gasteiger partial charge is 0.381 e. The summed E-state index contributed by atoms with van der Waals surface area (Å²) < 4.78 is 31.8. The number of hydrogen-bond donors (Lipinski definition) is 2. The van der Waals surface area contributed by atoms with Gasteiger partial charge in [0.25, 0.3) is 0 Å². The molecule has 1 aliphatic heterocycles. The van der Waals surface area contributed by atoms with Gasteiger partial charge in [-0.1, -0.05) is 6.92 Å². The Morgan fingerprint density at radius 3 is 2.75 bits per heavy atom. The van der Waals surface area contributed by atoms with Gasteiger partial charge in [0.05, 0.1) is 11.0 Å². The van der Waals surface area contributed by atoms with Crippen molar-refractivity contribution < 1.29 is 13.2 Å². The van der Waals surface area contributed by atoms with E-state index in [0.29, 0.717) is 24.5 Å². The average molecular weight is 301 g/mol. The minimum absolute atomic E-state index is 0.178. The number of aromatic amines is 1. The predicted molar refractivity (Wildman–Crippen MR) is 77.0 cm³/mol. The molecule has 0 unspecified atom stereocenters. The summed E-state index contributed by atoms with van der Waals surface area (Å²) in [5, 5.41) is 3.17. The number of nitrogens with zero attached hydrogens (tertiary/aromatic N) is 1. The molecule has 0 bridgehead atoms. The van der Waals surface area contributed by atoms with Crippen molar-refractivity contribution in [3.8, 4) is 0 Å². The highest BCUT2D eigenvalue weighted by molar-refractivity contribution is 7.89. The fraction of sp³-hybridized carbons (Fsp3) is 0.692. The van der Waals surface area contributed by atoms with Gasteiger partial charge in [-0.25, -0.2) is 8.42 Å². The Morgan fingerprint density at radius 2 is 2.15 bits per heavy atom. The number of aromatic nitrogens is 1. The predicted octanol–water partition coefficient (Wildman–Crippen LogP) is 0.924. The van der Waals surface area contributed by atoms with Crippen molar-refractivity contribution in [2.24, 2.45) is 0 Å². The molecule has 2 heterocycles. The molecule has 0 aromatic carbocycles. The normalized spacial score (nSPS) is 18.5. The molecule has 1 aromatic heterocycles. The zero-order chi connectivity index (χ0) is 14.6. The summed E-state index contributed by atoms with van der Waals surface area (Å²) in [6.07, 6.45) is 3.26. The van der Waals surface area contributed by atoms with Crippen LogP contribution in [0.5, 0.6) is 0 Å². The van der Waals surface area contributed by atoms with E-state index in [1.807, 2.05) is 6.92 Å². The number of rotatable bonds is 6. The van der Waals surface area contributed by atoms with Crippen molar-refractivity contribution in [3.63, 3.8) is 0 Å². The average Bonchev–Trinajstić information content (AvgIpc) is 2.94. The molecule has 20 heavy (non-hydrogen) atoms. The third-order valence-electron chi connectivity index (χ3n) is 3.65.